The van der Waals surface area contributed by atoms with E-state index in [-0.39, 0.29) is 0 Å². The van der Waals surface area contributed by atoms with Crippen molar-refractivity contribution in [3.8, 4) is 0 Å². The Morgan fingerprint density at radius 2 is 1.81 bits per heavy atom. The summed E-state index contributed by atoms with van der Waals surface area (Å²) in [5.74, 6) is 0. The molecule has 98 valence electrons. The van der Waals surface area contributed by atoms with Crippen molar-refractivity contribution in [3.63, 3.8) is 0 Å². The summed E-state index contributed by atoms with van der Waals surface area (Å²) >= 11 is 0. The van der Waals surface area contributed by atoms with Gasteiger partial charge in [-0.1, -0.05) is 47.5 Å². The molecule has 0 aromatic heterocycles. The molecule has 0 aliphatic carbocycles. The van der Waals surface area contributed by atoms with Crippen LogP contribution in [0.2, 0.25) is 0 Å². The van der Waals surface area contributed by atoms with E-state index < -0.39 is 0 Å². The van der Waals surface area contributed by atoms with E-state index in [0.29, 0.717) is 17.5 Å². The van der Waals surface area contributed by atoms with E-state index in [2.05, 4.69) is 39.9 Å². The van der Waals surface area contributed by atoms with Gasteiger partial charge in [-0.15, -0.1) is 0 Å². The number of nitrogens with one attached hydrogen (secondary N) is 1. The standard InChI is InChI=1S/C14H31NO/c1-7-9-10-12(11-16-6)15-13(8-2)14(3,4)5/h12-13,15H,7-11H2,1-6H3. The summed E-state index contributed by atoms with van der Waals surface area (Å²) in [6.45, 7) is 12.2. The molecule has 0 heterocycles. The van der Waals surface area contributed by atoms with Crippen LogP contribution in [0.1, 0.15) is 60.3 Å². The number of ether oxygens (including phenoxy) is 1. The minimum Gasteiger partial charge on any atom is -0.383 e. The number of hydrogen-bond acceptors (Lipinski definition) is 2. The lowest BCUT2D eigenvalue weighted by atomic mass is 9.84. The smallest absolute Gasteiger partial charge is 0.0615 e. The Morgan fingerprint density at radius 3 is 2.19 bits per heavy atom. The van der Waals surface area contributed by atoms with E-state index in [0.717, 1.165) is 6.61 Å². The zero-order valence-corrected chi connectivity index (χ0v) is 12.1. The highest BCUT2D eigenvalue weighted by Crippen LogP contribution is 2.22. The van der Waals surface area contributed by atoms with E-state index in [4.69, 9.17) is 4.74 Å². The molecule has 0 fully saturated rings. The Labute approximate surface area is 102 Å². The van der Waals surface area contributed by atoms with E-state index in [1.165, 1.54) is 25.7 Å². The molecule has 0 aliphatic rings. The summed E-state index contributed by atoms with van der Waals surface area (Å²) in [4.78, 5) is 0. The molecule has 0 rings (SSSR count). The van der Waals surface area contributed by atoms with Crippen molar-refractivity contribution in [2.24, 2.45) is 5.41 Å². The normalized spacial score (nSPS) is 16.1. The van der Waals surface area contributed by atoms with E-state index in [1.807, 2.05) is 0 Å². The first-order chi connectivity index (χ1) is 7.45. The van der Waals surface area contributed by atoms with Crippen molar-refractivity contribution in [2.45, 2.75) is 72.4 Å². The van der Waals surface area contributed by atoms with Gasteiger partial charge in [-0.05, 0) is 18.3 Å². The topological polar surface area (TPSA) is 21.3 Å². The molecule has 2 unspecified atom stereocenters. The van der Waals surface area contributed by atoms with Crippen LogP contribution in [-0.4, -0.2) is 25.8 Å². The van der Waals surface area contributed by atoms with Crippen LogP contribution in [0, 0.1) is 5.41 Å². The van der Waals surface area contributed by atoms with Crippen molar-refractivity contribution in [2.75, 3.05) is 13.7 Å². The fourth-order valence-electron chi connectivity index (χ4n) is 2.13. The average molecular weight is 229 g/mol. The molecular weight excluding hydrogens is 198 g/mol. The van der Waals surface area contributed by atoms with E-state index >= 15 is 0 Å². The minimum absolute atomic E-state index is 0.326. The maximum atomic E-state index is 5.30. The molecule has 0 amide bonds. The van der Waals surface area contributed by atoms with Crippen LogP contribution in [0.4, 0.5) is 0 Å². The lowest BCUT2D eigenvalue weighted by Crippen LogP contribution is -2.47. The lowest BCUT2D eigenvalue weighted by Gasteiger charge is -2.34. The zero-order valence-electron chi connectivity index (χ0n) is 12.1. The Hall–Kier alpha value is -0.0800. The minimum atomic E-state index is 0.326. The van der Waals surface area contributed by atoms with Crippen LogP contribution in [0.5, 0.6) is 0 Å². The van der Waals surface area contributed by atoms with Gasteiger partial charge in [0.25, 0.3) is 0 Å². The summed E-state index contributed by atoms with van der Waals surface area (Å²) in [7, 11) is 1.79. The number of methoxy groups -OCH3 is 1. The third kappa shape index (κ3) is 6.49. The van der Waals surface area contributed by atoms with Gasteiger partial charge in [0.15, 0.2) is 0 Å². The maximum absolute atomic E-state index is 5.30. The second-order valence-electron chi connectivity index (χ2n) is 5.79. The summed E-state index contributed by atoms with van der Waals surface area (Å²) in [5.41, 5.74) is 0.326. The second kappa shape index (κ2) is 8.08. The third-order valence-corrected chi connectivity index (χ3v) is 3.16. The maximum Gasteiger partial charge on any atom is 0.0615 e. The number of hydrogen-bond donors (Lipinski definition) is 1. The van der Waals surface area contributed by atoms with Gasteiger partial charge in [-0.25, -0.2) is 0 Å². The van der Waals surface area contributed by atoms with Gasteiger partial charge in [0, 0.05) is 19.2 Å². The highest BCUT2D eigenvalue weighted by atomic mass is 16.5. The van der Waals surface area contributed by atoms with Gasteiger partial charge in [-0.3, -0.25) is 0 Å². The van der Waals surface area contributed by atoms with Crippen LogP contribution < -0.4 is 5.32 Å². The van der Waals surface area contributed by atoms with Crippen LogP contribution in [0.25, 0.3) is 0 Å². The summed E-state index contributed by atoms with van der Waals surface area (Å²) < 4.78 is 5.30. The first-order valence-corrected chi connectivity index (χ1v) is 6.70. The first-order valence-electron chi connectivity index (χ1n) is 6.70. The van der Waals surface area contributed by atoms with Gasteiger partial charge in [-0.2, -0.15) is 0 Å². The Morgan fingerprint density at radius 1 is 1.19 bits per heavy atom. The van der Waals surface area contributed by atoms with Crippen molar-refractivity contribution in [1.29, 1.82) is 0 Å². The van der Waals surface area contributed by atoms with Gasteiger partial charge in [0.1, 0.15) is 0 Å². The molecule has 0 spiro atoms. The third-order valence-electron chi connectivity index (χ3n) is 3.16. The highest BCUT2D eigenvalue weighted by molar-refractivity contribution is 4.82. The molecule has 0 aliphatic heterocycles. The monoisotopic (exact) mass is 229 g/mol. The largest absolute Gasteiger partial charge is 0.383 e. The quantitative estimate of drug-likeness (QED) is 0.686. The van der Waals surface area contributed by atoms with Crippen molar-refractivity contribution < 1.29 is 4.74 Å². The molecule has 0 aromatic rings. The van der Waals surface area contributed by atoms with E-state index in [1.54, 1.807) is 7.11 Å². The van der Waals surface area contributed by atoms with Crippen molar-refractivity contribution in [3.05, 3.63) is 0 Å². The SMILES string of the molecule is CCCCC(COC)NC(CC)C(C)(C)C. The summed E-state index contributed by atoms with van der Waals surface area (Å²) in [5, 5.41) is 3.75. The fourth-order valence-corrected chi connectivity index (χ4v) is 2.13. The second-order valence-corrected chi connectivity index (χ2v) is 5.79. The van der Waals surface area contributed by atoms with Crippen LogP contribution in [0.3, 0.4) is 0 Å². The van der Waals surface area contributed by atoms with Crippen molar-refractivity contribution >= 4 is 0 Å². The van der Waals surface area contributed by atoms with Crippen LogP contribution in [-0.2, 0) is 4.74 Å². The van der Waals surface area contributed by atoms with Gasteiger partial charge in [0.05, 0.1) is 6.61 Å². The molecule has 0 bridgehead atoms. The average Bonchev–Trinajstić information content (AvgIpc) is 2.20. The molecule has 1 N–H and O–H groups in total. The first kappa shape index (κ1) is 15.9. The molecule has 0 aromatic carbocycles. The molecule has 2 heteroatoms. The van der Waals surface area contributed by atoms with E-state index in [9.17, 15) is 0 Å². The predicted octanol–water partition coefficient (Wildman–Crippen LogP) is 3.61. The Balaban J connectivity index is 4.22. The molecule has 0 saturated carbocycles. The van der Waals surface area contributed by atoms with Gasteiger partial charge < -0.3 is 10.1 Å². The molecule has 2 nitrogen and oxygen atoms in total. The molecule has 0 radical (unpaired) electrons. The highest BCUT2D eigenvalue weighted by Gasteiger charge is 2.24. The van der Waals surface area contributed by atoms with Crippen LogP contribution in [0.15, 0.2) is 0 Å². The van der Waals surface area contributed by atoms with Gasteiger partial charge in [0.2, 0.25) is 0 Å². The van der Waals surface area contributed by atoms with Crippen LogP contribution >= 0.6 is 0 Å². The predicted molar refractivity (Wildman–Crippen MR) is 71.9 cm³/mol. The number of unbranched alkanes of at least 4 members (excludes halogenated alkanes) is 1. The Kier molecular flexibility index (Phi) is 8.04. The number of rotatable bonds is 8. The van der Waals surface area contributed by atoms with Crippen molar-refractivity contribution in [1.82, 2.24) is 5.32 Å². The van der Waals surface area contributed by atoms with Gasteiger partial charge >= 0.3 is 0 Å². The molecular formula is C14H31NO. The zero-order chi connectivity index (χ0) is 12.6. The summed E-state index contributed by atoms with van der Waals surface area (Å²) in [6, 6.07) is 1.08. The summed E-state index contributed by atoms with van der Waals surface area (Å²) in [6.07, 6.45) is 4.93. The fraction of sp³-hybridized carbons (Fsp3) is 1.00. The molecule has 2 atom stereocenters. The Bertz CT molecular complexity index is 163. The molecule has 0 saturated heterocycles. The molecule has 16 heavy (non-hydrogen) atoms. The lowest BCUT2D eigenvalue weighted by molar-refractivity contribution is 0.136.